The second-order valence-electron chi connectivity index (χ2n) is 10.2. The van der Waals surface area contributed by atoms with Crippen molar-refractivity contribution in [3.8, 4) is 17.2 Å². The molecule has 3 N–H and O–H groups in total. The summed E-state index contributed by atoms with van der Waals surface area (Å²) in [6, 6.07) is 4.68. The lowest BCUT2D eigenvalue weighted by molar-refractivity contribution is 0.0695. The number of hydrogen-bond donors (Lipinski definition) is 3. The van der Waals surface area contributed by atoms with Crippen molar-refractivity contribution in [2.75, 3.05) is 6.61 Å². The van der Waals surface area contributed by atoms with Crippen molar-refractivity contribution >= 4 is 17.5 Å². The molecule has 0 fully saturated rings. The highest BCUT2D eigenvalue weighted by molar-refractivity contribution is 6.30. The molecule has 0 saturated carbocycles. The van der Waals surface area contributed by atoms with Gasteiger partial charge in [-0.05, 0) is 24.6 Å². The highest BCUT2D eigenvalue weighted by atomic mass is 16.5. The van der Waals surface area contributed by atoms with Crippen LogP contribution >= 0.6 is 0 Å². The van der Waals surface area contributed by atoms with E-state index in [9.17, 15) is 29.7 Å². The van der Waals surface area contributed by atoms with E-state index in [-0.39, 0.29) is 33.6 Å². The summed E-state index contributed by atoms with van der Waals surface area (Å²) in [5.41, 5.74) is -1.10. The van der Waals surface area contributed by atoms with Crippen LogP contribution in [0.15, 0.2) is 24.3 Å². The molecule has 0 amide bonds. The van der Waals surface area contributed by atoms with Crippen molar-refractivity contribution in [2.45, 2.75) is 96.8 Å². The van der Waals surface area contributed by atoms with Crippen molar-refractivity contribution in [3.63, 3.8) is 0 Å². The molecule has 1 aliphatic carbocycles. The molecule has 1 aliphatic rings. The van der Waals surface area contributed by atoms with Crippen LogP contribution in [0.4, 0.5) is 0 Å². The average Bonchev–Trinajstić information content (AvgIpc) is 2.88. The van der Waals surface area contributed by atoms with E-state index in [1.807, 2.05) is 0 Å². The maximum atomic E-state index is 13.1. The summed E-state index contributed by atoms with van der Waals surface area (Å²) in [6.45, 7) is 2.66. The predicted octanol–water partition coefficient (Wildman–Crippen LogP) is 7.43. The molecule has 0 unspecified atom stereocenters. The van der Waals surface area contributed by atoms with Crippen LogP contribution in [0.5, 0.6) is 17.2 Å². The number of carboxylic acid groups (broad SMARTS) is 1. The van der Waals surface area contributed by atoms with Crippen LogP contribution in [-0.4, -0.2) is 39.5 Å². The van der Waals surface area contributed by atoms with Gasteiger partial charge < -0.3 is 20.1 Å². The molecule has 7 nitrogen and oxygen atoms in total. The molecule has 7 heteroatoms. The largest absolute Gasteiger partial charge is 0.507 e. The molecule has 0 radical (unpaired) electrons. The third kappa shape index (κ3) is 7.59. The summed E-state index contributed by atoms with van der Waals surface area (Å²) in [4.78, 5) is 37.3. The number of fused-ring (bicyclic) bond motifs is 2. The Morgan fingerprint density at radius 3 is 1.66 bits per heavy atom. The zero-order valence-electron chi connectivity index (χ0n) is 22.4. The zero-order chi connectivity index (χ0) is 27.5. The molecule has 2 aromatic carbocycles. The molecule has 0 saturated heterocycles. The minimum absolute atomic E-state index is 0.0691. The lowest BCUT2D eigenvalue weighted by Crippen LogP contribution is -2.22. The van der Waals surface area contributed by atoms with Gasteiger partial charge in [-0.2, -0.15) is 0 Å². The van der Waals surface area contributed by atoms with Gasteiger partial charge in [-0.25, -0.2) is 4.79 Å². The number of carbonyl (C=O) groups is 3. The van der Waals surface area contributed by atoms with Gasteiger partial charge in [-0.3, -0.25) is 9.59 Å². The Morgan fingerprint density at radius 1 is 0.658 bits per heavy atom. The van der Waals surface area contributed by atoms with Crippen molar-refractivity contribution < 1.29 is 34.4 Å². The summed E-state index contributed by atoms with van der Waals surface area (Å²) in [5, 5.41) is 29.9. The Morgan fingerprint density at radius 2 is 1.13 bits per heavy atom. The summed E-state index contributed by atoms with van der Waals surface area (Å²) in [5.74, 6) is -3.47. The minimum atomic E-state index is -1.33. The normalized spacial score (nSPS) is 12.3. The monoisotopic (exact) mass is 524 g/mol. The van der Waals surface area contributed by atoms with Gasteiger partial charge in [0.1, 0.15) is 17.2 Å². The first-order chi connectivity index (χ1) is 18.3. The van der Waals surface area contributed by atoms with Gasteiger partial charge in [0.15, 0.2) is 5.78 Å². The Hall–Kier alpha value is -3.35. The fraction of sp³-hybridized carbons (Fsp3) is 0.516. The Labute approximate surface area is 224 Å². The SMILES string of the molecule is CCCCCCCCCCCCCCCCOc1cc(O)c2c(c1)C(=O)c1cc(C(=O)O)cc(O)c1C2=O. The first kappa shape index (κ1) is 29.2. The molecular formula is C31H40O7. The van der Waals surface area contributed by atoms with E-state index < -0.39 is 29.0 Å². The van der Waals surface area contributed by atoms with Crippen LogP contribution in [0.3, 0.4) is 0 Å². The highest BCUT2D eigenvalue weighted by Gasteiger charge is 2.35. The molecule has 0 heterocycles. The van der Waals surface area contributed by atoms with Gasteiger partial charge in [-0.1, -0.05) is 90.4 Å². The number of hydrogen-bond acceptors (Lipinski definition) is 6. The standard InChI is InChI=1S/C31H40O7/c1-2-3-4-5-6-7-8-9-10-11-12-13-14-15-16-38-22-19-24-28(26(33)20-22)30(35)27-23(29(24)34)17-21(31(36)37)18-25(27)32/h17-20,32-33H,2-16H2,1H3,(H,36,37). The Balaban J connectivity index is 1.42. The number of phenolic OH excluding ortho intramolecular Hbond substituents is 2. The summed E-state index contributed by atoms with van der Waals surface area (Å²) < 4.78 is 5.75. The van der Waals surface area contributed by atoms with Gasteiger partial charge >= 0.3 is 5.97 Å². The van der Waals surface area contributed by atoms with Crippen molar-refractivity contribution in [3.05, 3.63) is 52.1 Å². The zero-order valence-corrected chi connectivity index (χ0v) is 22.4. The van der Waals surface area contributed by atoms with E-state index in [4.69, 9.17) is 4.74 Å². The van der Waals surface area contributed by atoms with Gasteiger partial charge in [0, 0.05) is 17.2 Å². The molecule has 0 atom stereocenters. The van der Waals surface area contributed by atoms with E-state index in [0.717, 1.165) is 31.4 Å². The molecule has 38 heavy (non-hydrogen) atoms. The first-order valence-electron chi connectivity index (χ1n) is 14.0. The Kier molecular flexibility index (Phi) is 11.2. The number of ether oxygens (including phenoxy) is 1. The number of unbranched alkanes of at least 4 members (excludes halogenated alkanes) is 13. The van der Waals surface area contributed by atoms with Crippen molar-refractivity contribution in [1.82, 2.24) is 0 Å². The van der Waals surface area contributed by atoms with Gasteiger partial charge in [-0.15, -0.1) is 0 Å². The van der Waals surface area contributed by atoms with E-state index in [0.29, 0.717) is 6.61 Å². The van der Waals surface area contributed by atoms with Crippen LogP contribution in [0.2, 0.25) is 0 Å². The fourth-order valence-corrected chi connectivity index (χ4v) is 5.03. The molecule has 2 aromatic rings. The summed E-state index contributed by atoms with van der Waals surface area (Å²) in [6.07, 6.45) is 17.6. The molecule has 0 aromatic heterocycles. The van der Waals surface area contributed by atoms with E-state index >= 15 is 0 Å². The number of rotatable bonds is 17. The number of phenols is 2. The molecule has 0 spiro atoms. The number of benzene rings is 2. The smallest absolute Gasteiger partial charge is 0.335 e. The molecular weight excluding hydrogens is 484 g/mol. The number of carboxylic acids is 1. The number of aromatic carboxylic acids is 1. The topological polar surface area (TPSA) is 121 Å². The number of ketones is 2. The second-order valence-corrected chi connectivity index (χ2v) is 10.2. The lowest BCUT2D eigenvalue weighted by atomic mass is 9.82. The van der Waals surface area contributed by atoms with Crippen molar-refractivity contribution in [1.29, 1.82) is 0 Å². The molecule has 0 aliphatic heterocycles. The van der Waals surface area contributed by atoms with Crippen LogP contribution < -0.4 is 4.74 Å². The summed E-state index contributed by atoms with van der Waals surface area (Å²) in [7, 11) is 0. The minimum Gasteiger partial charge on any atom is -0.507 e. The van der Waals surface area contributed by atoms with Crippen LogP contribution in [-0.2, 0) is 0 Å². The van der Waals surface area contributed by atoms with E-state index in [1.165, 1.54) is 82.8 Å². The molecule has 3 rings (SSSR count). The fourth-order valence-electron chi connectivity index (χ4n) is 5.03. The molecule has 0 bridgehead atoms. The summed E-state index contributed by atoms with van der Waals surface area (Å²) >= 11 is 0. The van der Waals surface area contributed by atoms with Crippen LogP contribution in [0.25, 0.3) is 0 Å². The molecule has 206 valence electrons. The van der Waals surface area contributed by atoms with Gasteiger partial charge in [0.2, 0.25) is 5.78 Å². The second kappa shape index (κ2) is 14.6. The maximum Gasteiger partial charge on any atom is 0.335 e. The quantitative estimate of drug-likeness (QED) is 0.157. The predicted molar refractivity (Wildman–Crippen MR) is 146 cm³/mol. The third-order valence-corrected chi connectivity index (χ3v) is 7.17. The van der Waals surface area contributed by atoms with Crippen molar-refractivity contribution in [2.24, 2.45) is 0 Å². The number of carbonyl (C=O) groups excluding carboxylic acids is 2. The van der Waals surface area contributed by atoms with E-state index in [2.05, 4.69) is 6.92 Å². The van der Waals surface area contributed by atoms with Gasteiger partial charge in [0.05, 0.1) is 23.3 Å². The third-order valence-electron chi connectivity index (χ3n) is 7.17. The lowest BCUT2D eigenvalue weighted by Gasteiger charge is -2.20. The maximum absolute atomic E-state index is 13.1. The van der Waals surface area contributed by atoms with Crippen LogP contribution in [0, 0.1) is 0 Å². The van der Waals surface area contributed by atoms with Gasteiger partial charge in [0.25, 0.3) is 0 Å². The number of aromatic hydroxyl groups is 2. The highest BCUT2D eigenvalue weighted by Crippen LogP contribution is 2.39. The Bertz CT molecular complexity index is 1140. The average molecular weight is 525 g/mol. The first-order valence-corrected chi connectivity index (χ1v) is 14.0. The van der Waals surface area contributed by atoms with E-state index in [1.54, 1.807) is 0 Å². The van der Waals surface area contributed by atoms with Crippen LogP contribution in [0.1, 0.15) is 139 Å².